The molecule has 1 aliphatic carbocycles. The lowest BCUT2D eigenvalue weighted by Crippen LogP contribution is -2.15. The van der Waals surface area contributed by atoms with Crippen molar-refractivity contribution in [1.82, 2.24) is 20.0 Å². The number of benzene rings is 3. The summed E-state index contributed by atoms with van der Waals surface area (Å²) in [7, 11) is 0. The Hall–Kier alpha value is -4.55. The second kappa shape index (κ2) is 10.9. The van der Waals surface area contributed by atoms with Crippen molar-refractivity contribution >= 4 is 33.9 Å². The number of halogens is 3. The van der Waals surface area contributed by atoms with Crippen molar-refractivity contribution in [2.24, 2.45) is 0 Å². The summed E-state index contributed by atoms with van der Waals surface area (Å²) in [5, 5.41) is 26.2. The van der Waals surface area contributed by atoms with Crippen molar-refractivity contribution in [3.05, 3.63) is 112 Å². The summed E-state index contributed by atoms with van der Waals surface area (Å²) in [6.45, 7) is -0.687. The highest BCUT2D eigenvalue weighted by Gasteiger charge is 2.27. The monoisotopic (exact) mass is 555 g/mol. The van der Waals surface area contributed by atoms with E-state index in [-0.39, 0.29) is 11.4 Å². The molecule has 0 amide bonds. The molecule has 1 saturated carbocycles. The number of nitriles is 1. The van der Waals surface area contributed by atoms with Crippen molar-refractivity contribution in [3.63, 3.8) is 0 Å². The molecule has 2 atom stereocenters. The van der Waals surface area contributed by atoms with Gasteiger partial charge in [-0.1, -0.05) is 59.3 Å². The van der Waals surface area contributed by atoms with Gasteiger partial charge in [0.15, 0.2) is 0 Å². The molecule has 1 aliphatic rings. The molecule has 0 bridgehead atoms. The summed E-state index contributed by atoms with van der Waals surface area (Å²) in [6.07, 6.45) is 5.46. The first-order valence-electron chi connectivity index (χ1n) is 12.9. The van der Waals surface area contributed by atoms with Crippen molar-refractivity contribution < 1.29 is 8.78 Å². The smallest absolute Gasteiger partial charge is 0.123 e. The predicted molar refractivity (Wildman–Crippen MR) is 150 cm³/mol. The van der Waals surface area contributed by atoms with Crippen molar-refractivity contribution in [2.45, 2.75) is 31.0 Å². The zero-order chi connectivity index (χ0) is 27.6. The maximum Gasteiger partial charge on any atom is 0.123 e. The van der Waals surface area contributed by atoms with Gasteiger partial charge in [-0.25, -0.2) is 13.5 Å². The minimum absolute atomic E-state index is 0.262. The number of fused-ring (bicyclic) bond motifs is 1. The number of hydrogen-bond donors (Lipinski definition) is 2. The lowest BCUT2D eigenvalue weighted by Gasteiger charge is -2.22. The van der Waals surface area contributed by atoms with Crippen LogP contribution in [0.3, 0.4) is 0 Å². The van der Waals surface area contributed by atoms with Gasteiger partial charge in [-0.2, -0.15) is 5.26 Å². The predicted octanol–water partition coefficient (Wildman–Crippen LogP) is 7.15. The highest BCUT2D eigenvalue weighted by molar-refractivity contribution is 6.32. The maximum absolute atomic E-state index is 14.2. The van der Waals surface area contributed by atoms with Crippen LogP contribution in [-0.4, -0.2) is 26.7 Å². The van der Waals surface area contributed by atoms with E-state index in [1.54, 1.807) is 24.3 Å². The normalized spacial score (nSPS) is 14.4. The minimum atomic E-state index is -0.687. The molecule has 7 nitrogen and oxygen atoms in total. The average Bonchev–Trinajstić information content (AvgIpc) is 3.72. The molecule has 40 heavy (non-hydrogen) atoms. The molecule has 2 aromatic heterocycles. The van der Waals surface area contributed by atoms with Crippen LogP contribution in [0, 0.1) is 17.1 Å². The number of nitrogens with one attached hydrogen (secondary N) is 2. The summed E-state index contributed by atoms with van der Waals surface area (Å²) >= 11 is 6.59. The van der Waals surface area contributed by atoms with Gasteiger partial charge < -0.3 is 10.6 Å². The summed E-state index contributed by atoms with van der Waals surface area (Å²) in [5.41, 5.74) is 3.96. The molecule has 0 saturated heterocycles. The Kier molecular flexibility index (Phi) is 7.01. The lowest BCUT2D eigenvalue weighted by atomic mass is 10.0. The van der Waals surface area contributed by atoms with E-state index in [0.29, 0.717) is 39.0 Å². The Labute approximate surface area is 234 Å². The fourth-order valence-electron chi connectivity index (χ4n) is 4.77. The van der Waals surface area contributed by atoms with Gasteiger partial charge in [-0.3, -0.25) is 4.98 Å². The first-order valence-corrected chi connectivity index (χ1v) is 13.3. The molecule has 10 heteroatoms. The number of pyridine rings is 1. The Morgan fingerprint density at radius 3 is 2.52 bits per heavy atom. The van der Waals surface area contributed by atoms with Gasteiger partial charge in [0.2, 0.25) is 0 Å². The van der Waals surface area contributed by atoms with E-state index in [0.717, 1.165) is 24.0 Å². The van der Waals surface area contributed by atoms with Crippen molar-refractivity contribution in [1.29, 1.82) is 5.26 Å². The first kappa shape index (κ1) is 25.7. The third kappa shape index (κ3) is 5.18. The van der Waals surface area contributed by atoms with Crippen molar-refractivity contribution in [2.75, 3.05) is 17.3 Å². The van der Waals surface area contributed by atoms with Crippen molar-refractivity contribution in [3.8, 4) is 6.07 Å². The quantitative estimate of drug-likeness (QED) is 0.201. The molecule has 6 rings (SSSR count). The number of anilines is 2. The van der Waals surface area contributed by atoms with Crippen LogP contribution in [0.4, 0.5) is 20.2 Å². The van der Waals surface area contributed by atoms with Crippen LogP contribution in [0.25, 0.3) is 10.9 Å². The Bertz CT molecular complexity index is 1700. The highest BCUT2D eigenvalue weighted by atomic mass is 35.5. The zero-order valence-electron chi connectivity index (χ0n) is 21.2. The van der Waals surface area contributed by atoms with Gasteiger partial charge >= 0.3 is 0 Å². The van der Waals surface area contributed by atoms with Gasteiger partial charge in [-0.05, 0) is 48.2 Å². The van der Waals surface area contributed by atoms with Gasteiger partial charge in [0.25, 0.3) is 0 Å². The van der Waals surface area contributed by atoms with Crippen LogP contribution >= 0.6 is 11.6 Å². The minimum Gasteiger partial charge on any atom is -0.374 e. The largest absolute Gasteiger partial charge is 0.374 e. The van der Waals surface area contributed by atoms with Gasteiger partial charge in [0.1, 0.15) is 24.3 Å². The zero-order valence-corrected chi connectivity index (χ0v) is 22.0. The molecule has 3 aromatic carbocycles. The SMILES string of the molecule is N#Cc1cnc2c(N[C@@H](c3ccc(F)cc3)c3cn(C4CC4)nn3)cc(Cl)cc2c1NC(CF)c1ccccc1. The molecule has 1 fully saturated rings. The van der Waals surface area contributed by atoms with E-state index in [1.165, 1.54) is 18.3 Å². The van der Waals surface area contributed by atoms with Crippen LogP contribution in [-0.2, 0) is 0 Å². The fraction of sp³-hybridized carbons (Fsp3) is 0.200. The van der Waals surface area contributed by atoms with Gasteiger partial charge in [-0.15, -0.1) is 5.10 Å². The Morgan fingerprint density at radius 1 is 1.05 bits per heavy atom. The third-order valence-electron chi connectivity index (χ3n) is 6.98. The van der Waals surface area contributed by atoms with Crippen LogP contribution in [0.1, 0.15) is 53.4 Å². The molecule has 200 valence electrons. The number of rotatable bonds is 9. The molecule has 0 aliphatic heterocycles. The summed E-state index contributed by atoms with van der Waals surface area (Å²) in [4.78, 5) is 4.58. The van der Waals surface area contributed by atoms with Crippen LogP contribution in [0.2, 0.25) is 5.02 Å². The molecular weight excluding hydrogens is 532 g/mol. The molecule has 2 heterocycles. The molecule has 2 N–H and O–H groups in total. The fourth-order valence-corrected chi connectivity index (χ4v) is 4.99. The van der Waals surface area contributed by atoms with Gasteiger partial charge in [0.05, 0.1) is 46.8 Å². The second-order valence-electron chi connectivity index (χ2n) is 9.75. The third-order valence-corrected chi connectivity index (χ3v) is 7.20. The molecule has 0 spiro atoms. The lowest BCUT2D eigenvalue weighted by molar-refractivity contribution is 0.453. The molecular formula is C30H24ClF2N7. The van der Waals surface area contributed by atoms with Crippen LogP contribution < -0.4 is 10.6 Å². The summed E-state index contributed by atoms with van der Waals surface area (Å²) < 4.78 is 29.9. The summed E-state index contributed by atoms with van der Waals surface area (Å²) in [5.74, 6) is -0.348. The highest BCUT2D eigenvalue weighted by Crippen LogP contribution is 2.38. The van der Waals surface area contributed by atoms with E-state index in [4.69, 9.17) is 11.6 Å². The van der Waals surface area contributed by atoms with Gasteiger partial charge in [0, 0.05) is 16.6 Å². The topological polar surface area (TPSA) is 91.5 Å². The van der Waals surface area contributed by atoms with E-state index in [9.17, 15) is 14.0 Å². The second-order valence-corrected chi connectivity index (χ2v) is 10.2. The standard InChI is InChI=1S/C30H24ClF2N7/c31-21-12-24-28(37-26(14-32)18-4-2-1-3-5-18)20(15-34)16-35-30(24)25(13-21)36-29(19-6-8-22(33)9-7-19)27-17-40(39-38-27)23-10-11-23/h1-9,12-13,16-17,23,26,29,36H,10-11,14H2,(H,35,37)/t26?,29-/m0/s1. The van der Waals surface area contributed by atoms with E-state index in [1.807, 2.05) is 41.2 Å². The number of aromatic nitrogens is 4. The molecule has 5 aromatic rings. The first-order chi connectivity index (χ1) is 19.5. The Morgan fingerprint density at radius 2 is 1.82 bits per heavy atom. The van der Waals surface area contributed by atoms with E-state index < -0.39 is 18.8 Å². The van der Waals surface area contributed by atoms with E-state index in [2.05, 4.69) is 32.0 Å². The molecule has 1 unspecified atom stereocenters. The Balaban J connectivity index is 1.44. The maximum atomic E-state index is 14.2. The number of nitrogens with zero attached hydrogens (tertiary/aromatic N) is 5. The molecule has 0 radical (unpaired) electrons. The summed E-state index contributed by atoms with van der Waals surface area (Å²) in [6, 6.07) is 20.1. The van der Waals surface area contributed by atoms with E-state index >= 15 is 0 Å². The van der Waals surface area contributed by atoms with Crippen LogP contribution in [0.5, 0.6) is 0 Å². The van der Waals surface area contributed by atoms with Crippen LogP contribution in [0.15, 0.2) is 79.1 Å². The average molecular weight is 556 g/mol. The number of alkyl halides is 1. The number of hydrogen-bond acceptors (Lipinski definition) is 6.